The van der Waals surface area contributed by atoms with Crippen LogP contribution >= 0.6 is 11.8 Å². The zero-order valence-electron chi connectivity index (χ0n) is 8.05. The Morgan fingerprint density at radius 2 is 1.83 bits per heavy atom. The van der Waals surface area contributed by atoms with E-state index in [1.165, 1.54) is 24.3 Å². The fourth-order valence-electron chi connectivity index (χ4n) is 2.01. The van der Waals surface area contributed by atoms with Crippen molar-refractivity contribution in [3.8, 4) is 0 Å². The summed E-state index contributed by atoms with van der Waals surface area (Å²) in [5, 5.41) is 3.72. The molecule has 12 heavy (non-hydrogen) atoms. The Kier molecular flexibility index (Phi) is 2.66. The van der Waals surface area contributed by atoms with E-state index in [-0.39, 0.29) is 0 Å². The summed E-state index contributed by atoms with van der Waals surface area (Å²) >= 11 is 2.07. The van der Waals surface area contributed by atoms with Crippen LogP contribution in [0.5, 0.6) is 0 Å². The van der Waals surface area contributed by atoms with E-state index in [2.05, 4.69) is 30.9 Å². The van der Waals surface area contributed by atoms with Crippen LogP contribution in [0.1, 0.15) is 26.7 Å². The Balaban J connectivity index is 1.61. The molecule has 0 spiro atoms. The Bertz CT molecular complexity index is 148. The van der Waals surface area contributed by atoms with Crippen molar-refractivity contribution in [2.24, 2.45) is 11.8 Å². The molecule has 1 saturated carbocycles. The highest BCUT2D eigenvalue weighted by molar-refractivity contribution is 8.00. The lowest BCUT2D eigenvalue weighted by atomic mass is 9.73. The number of rotatable bonds is 3. The molecule has 0 amide bonds. The standard InChI is InChI=1S/C10H19NS/c1-7(2)8-3-9(4-8)11-10-5-12-6-10/h7-11H,3-6H2,1-2H3. The molecule has 1 N–H and O–H groups in total. The van der Waals surface area contributed by atoms with E-state index in [0.717, 1.165) is 23.9 Å². The van der Waals surface area contributed by atoms with Gasteiger partial charge in [-0.2, -0.15) is 11.8 Å². The van der Waals surface area contributed by atoms with Crippen LogP contribution in [0.2, 0.25) is 0 Å². The Morgan fingerprint density at radius 3 is 2.25 bits per heavy atom. The number of hydrogen-bond acceptors (Lipinski definition) is 2. The van der Waals surface area contributed by atoms with Gasteiger partial charge >= 0.3 is 0 Å². The zero-order valence-corrected chi connectivity index (χ0v) is 8.86. The molecule has 1 aliphatic carbocycles. The zero-order chi connectivity index (χ0) is 8.55. The molecule has 1 aliphatic heterocycles. The van der Waals surface area contributed by atoms with E-state index in [9.17, 15) is 0 Å². The second-order valence-corrected chi connectivity index (χ2v) is 5.65. The smallest absolute Gasteiger partial charge is 0.0251 e. The average molecular weight is 185 g/mol. The van der Waals surface area contributed by atoms with Crippen molar-refractivity contribution in [2.75, 3.05) is 11.5 Å². The van der Waals surface area contributed by atoms with E-state index in [1.807, 2.05) is 0 Å². The molecule has 0 unspecified atom stereocenters. The lowest BCUT2D eigenvalue weighted by Gasteiger charge is -2.42. The van der Waals surface area contributed by atoms with E-state index in [4.69, 9.17) is 0 Å². The highest BCUT2D eigenvalue weighted by atomic mass is 32.2. The molecule has 2 heteroatoms. The molecule has 0 bridgehead atoms. The van der Waals surface area contributed by atoms with Crippen LogP contribution in [-0.4, -0.2) is 23.6 Å². The summed E-state index contributed by atoms with van der Waals surface area (Å²) in [5.74, 6) is 4.61. The van der Waals surface area contributed by atoms with Gasteiger partial charge in [0.05, 0.1) is 0 Å². The quantitative estimate of drug-likeness (QED) is 0.723. The lowest BCUT2D eigenvalue weighted by molar-refractivity contribution is 0.161. The summed E-state index contributed by atoms with van der Waals surface area (Å²) in [7, 11) is 0. The summed E-state index contributed by atoms with van der Waals surface area (Å²) in [6, 6.07) is 1.72. The number of hydrogen-bond donors (Lipinski definition) is 1. The molecule has 1 nitrogen and oxygen atoms in total. The van der Waals surface area contributed by atoms with Crippen LogP contribution in [0, 0.1) is 11.8 Å². The molecular weight excluding hydrogens is 166 g/mol. The topological polar surface area (TPSA) is 12.0 Å². The minimum absolute atomic E-state index is 0.855. The Labute approximate surface area is 79.7 Å². The molecule has 0 aromatic carbocycles. The molecule has 1 heterocycles. The van der Waals surface area contributed by atoms with Gasteiger partial charge in [0.2, 0.25) is 0 Å². The van der Waals surface area contributed by atoms with E-state index in [1.54, 1.807) is 0 Å². The van der Waals surface area contributed by atoms with E-state index in [0.29, 0.717) is 0 Å². The normalized spacial score (nSPS) is 36.2. The summed E-state index contributed by atoms with van der Waals surface area (Å²) in [6.07, 6.45) is 2.86. The monoisotopic (exact) mass is 185 g/mol. The third-order valence-electron chi connectivity index (χ3n) is 3.23. The minimum Gasteiger partial charge on any atom is -0.310 e. The predicted molar refractivity (Wildman–Crippen MR) is 55.6 cm³/mol. The van der Waals surface area contributed by atoms with E-state index >= 15 is 0 Å². The highest BCUT2D eigenvalue weighted by Crippen LogP contribution is 2.34. The van der Waals surface area contributed by atoms with Crippen molar-refractivity contribution in [3.05, 3.63) is 0 Å². The first-order valence-corrected chi connectivity index (χ1v) is 6.25. The van der Waals surface area contributed by atoms with Gasteiger partial charge in [-0.05, 0) is 24.7 Å². The average Bonchev–Trinajstić information content (AvgIpc) is 1.79. The SMILES string of the molecule is CC(C)C1CC(NC2CSC2)C1. The Hall–Kier alpha value is 0.310. The second-order valence-electron chi connectivity index (χ2n) is 4.57. The number of thioether (sulfide) groups is 1. The summed E-state index contributed by atoms with van der Waals surface area (Å²) in [6.45, 7) is 4.69. The van der Waals surface area contributed by atoms with Gasteiger partial charge in [0.25, 0.3) is 0 Å². The van der Waals surface area contributed by atoms with Gasteiger partial charge in [0, 0.05) is 23.6 Å². The van der Waals surface area contributed by atoms with Crippen LogP contribution in [0.4, 0.5) is 0 Å². The van der Waals surface area contributed by atoms with Gasteiger partial charge in [-0.3, -0.25) is 0 Å². The molecule has 2 aliphatic rings. The third-order valence-corrected chi connectivity index (χ3v) is 4.50. The summed E-state index contributed by atoms with van der Waals surface area (Å²) in [5.41, 5.74) is 0. The molecule has 70 valence electrons. The van der Waals surface area contributed by atoms with Gasteiger partial charge < -0.3 is 5.32 Å². The van der Waals surface area contributed by atoms with Gasteiger partial charge in [0.1, 0.15) is 0 Å². The number of nitrogens with one attached hydrogen (secondary N) is 1. The third kappa shape index (κ3) is 1.80. The highest BCUT2D eigenvalue weighted by Gasteiger charge is 2.33. The lowest BCUT2D eigenvalue weighted by Crippen LogP contribution is -2.52. The maximum Gasteiger partial charge on any atom is 0.0251 e. The van der Waals surface area contributed by atoms with Crippen LogP contribution in [0.3, 0.4) is 0 Å². The molecular formula is C10H19NS. The maximum atomic E-state index is 3.72. The molecule has 0 atom stereocenters. The largest absolute Gasteiger partial charge is 0.310 e. The maximum absolute atomic E-state index is 3.72. The van der Waals surface area contributed by atoms with Gasteiger partial charge in [-0.25, -0.2) is 0 Å². The predicted octanol–water partition coefficient (Wildman–Crippen LogP) is 2.13. The van der Waals surface area contributed by atoms with Crippen molar-refractivity contribution in [1.82, 2.24) is 5.32 Å². The first kappa shape index (κ1) is 8.89. The fourth-order valence-corrected chi connectivity index (χ4v) is 2.67. The van der Waals surface area contributed by atoms with Crippen LogP contribution in [0.15, 0.2) is 0 Å². The van der Waals surface area contributed by atoms with Crippen LogP contribution in [0.25, 0.3) is 0 Å². The first-order chi connectivity index (χ1) is 5.75. The fraction of sp³-hybridized carbons (Fsp3) is 1.00. The summed E-state index contributed by atoms with van der Waals surface area (Å²) in [4.78, 5) is 0. The Morgan fingerprint density at radius 1 is 1.17 bits per heavy atom. The molecule has 0 aromatic heterocycles. The molecule has 2 fully saturated rings. The van der Waals surface area contributed by atoms with Crippen molar-refractivity contribution in [1.29, 1.82) is 0 Å². The van der Waals surface area contributed by atoms with Gasteiger partial charge in [-0.15, -0.1) is 0 Å². The van der Waals surface area contributed by atoms with E-state index < -0.39 is 0 Å². The molecule has 2 rings (SSSR count). The summed E-state index contributed by atoms with van der Waals surface area (Å²) < 4.78 is 0. The van der Waals surface area contributed by atoms with Crippen molar-refractivity contribution >= 4 is 11.8 Å². The molecule has 0 aromatic rings. The van der Waals surface area contributed by atoms with Crippen molar-refractivity contribution in [2.45, 2.75) is 38.8 Å². The molecule has 1 saturated heterocycles. The minimum atomic E-state index is 0.855. The first-order valence-electron chi connectivity index (χ1n) is 5.09. The second kappa shape index (κ2) is 3.59. The molecule has 0 radical (unpaired) electrons. The van der Waals surface area contributed by atoms with Gasteiger partial charge in [0.15, 0.2) is 0 Å². The van der Waals surface area contributed by atoms with Crippen LogP contribution in [-0.2, 0) is 0 Å². The van der Waals surface area contributed by atoms with Crippen LogP contribution < -0.4 is 5.32 Å². The van der Waals surface area contributed by atoms with Gasteiger partial charge in [-0.1, -0.05) is 13.8 Å². The van der Waals surface area contributed by atoms with Crippen molar-refractivity contribution in [3.63, 3.8) is 0 Å². The van der Waals surface area contributed by atoms with Crippen molar-refractivity contribution < 1.29 is 0 Å².